The third kappa shape index (κ3) is 4.49. The summed E-state index contributed by atoms with van der Waals surface area (Å²) >= 11 is 11.8. The summed E-state index contributed by atoms with van der Waals surface area (Å²) in [4.78, 5) is 0.0514. The molecule has 24 heavy (non-hydrogen) atoms. The Morgan fingerprint density at radius 3 is 2.08 bits per heavy atom. The van der Waals surface area contributed by atoms with E-state index in [1.807, 2.05) is 0 Å². The van der Waals surface area contributed by atoms with Crippen LogP contribution < -0.4 is 4.72 Å². The van der Waals surface area contributed by atoms with Gasteiger partial charge in [0.2, 0.25) is 10.0 Å². The fourth-order valence-corrected chi connectivity index (χ4v) is 4.68. The molecule has 9 heteroatoms. The number of sulfone groups is 1. The zero-order valence-electron chi connectivity index (χ0n) is 12.8. The Labute approximate surface area is 151 Å². The molecule has 0 aliphatic heterocycles. The molecule has 0 radical (unpaired) electrons. The first-order chi connectivity index (χ1) is 11.0. The molecule has 0 unspecified atom stereocenters. The zero-order valence-corrected chi connectivity index (χ0v) is 16.0. The molecule has 0 aromatic heterocycles. The Kier molecular flexibility index (Phi) is 5.61. The van der Waals surface area contributed by atoms with Crippen LogP contribution in [0.3, 0.4) is 0 Å². The molecule has 0 heterocycles. The van der Waals surface area contributed by atoms with Crippen molar-refractivity contribution >= 4 is 43.1 Å². The number of benzene rings is 2. The van der Waals surface area contributed by atoms with E-state index in [9.17, 15) is 16.8 Å². The lowest BCUT2D eigenvalue weighted by Crippen LogP contribution is -2.27. The minimum atomic E-state index is -3.88. The minimum Gasteiger partial charge on any atom is -0.224 e. The average molecular weight is 408 g/mol. The molecule has 2 aromatic carbocycles. The summed E-state index contributed by atoms with van der Waals surface area (Å²) in [6.45, 7) is 1.64. The van der Waals surface area contributed by atoms with E-state index < -0.39 is 25.9 Å². The first-order valence-electron chi connectivity index (χ1n) is 6.78. The number of hydrogen-bond acceptors (Lipinski definition) is 4. The minimum absolute atomic E-state index is 0.0616. The normalized spacial score (nSPS) is 13.7. The van der Waals surface area contributed by atoms with Crippen LogP contribution in [-0.2, 0) is 19.9 Å². The van der Waals surface area contributed by atoms with Crippen LogP contribution in [0.4, 0.5) is 0 Å². The fraction of sp³-hybridized carbons (Fsp3) is 0.200. The Balaban J connectivity index is 2.28. The van der Waals surface area contributed by atoms with Gasteiger partial charge in [0.1, 0.15) is 4.90 Å². The number of sulfonamides is 1. The number of halogens is 2. The van der Waals surface area contributed by atoms with Crippen molar-refractivity contribution in [2.75, 3.05) is 6.26 Å². The van der Waals surface area contributed by atoms with Gasteiger partial charge in [-0.05, 0) is 42.8 Å². The predicted molar refractivity (Wildman–Crippen MR) is 94.8 cm³/mol. The molecule has 0 aliphatic rings. The van der Waals surface area contributed by atoms with Crippen molar-refractivity contribution in [3.05, 3.63) is 58.1 Å². The molecule has 5 nitrogen and oxygen atoms in total. The Hall–Kier alpha value is -1.12. The molecule has 0 bridgehead atoms. The Bertz CT molecular complexity index is 955. The van der Waals surface area contributed by atoms with Crippen molar-refractivity contribution < 1.29 is 16.8 Å². The topological polar surface area (TPSA) is 80.3 Å². The third-order valence-electron chi connectivity index (χ3n) is 3.32. The van der Waals surface area contributed by atoms with E-state index in [0.717, 1.165) is 6.26 Å². The van der Waals surface area contributed by atoms with Crippen molar-refractivity contribution in [1.29, 1.82) is 0 Å². The molecule has 0 spiro atoms. The summed E-state index contributed by atoms with van der Waals surface area (Å²) < 4.78 is 50.3. The molecule has 1 N–H and O–H groups in total. The summed E-state index contributed by atoms with van der Waals surface area (Å²) in [5.74, 6) is 0. The number of nitrogens with one attached hydrogen (secondary N) is 1. The van der Waals surface area contributed by atoms with E-state index in [-0.39, 0.29) is 19.8 Å². The van der Waals surface area contributed by atoms with Crippen LogP contribution in [0.5, 0.6) is 0 Å². The molecule has 0 aliphatic carbocycles. The van der Waals surface area contributed by atoms with Gasteiger partial charge in [-0.3, -0.25) is 0 Å². The maximum atomic E-state index is 12.5. The van der Waals surface area contributed by atoms with Gasteiger partial charge in [-0.1, -0.05) is 35.3 Å². The number of hydrogen-bond donors (Lipinski definition) is 1. The fourth-order valence-electron chi connectivity index (χ4n) is 2.05. The van der Waals surface area contributed by atoms with Crippen molar-refractivity contribution in [3.63, 3.8) is 0 Å². The van der Waals surface area contributed by atoms with Crippen molar-refractivity contribution in [1.82, 2.24) is 4.72 Å². The van der Waals surface area contributed by atoms with Crippen molar-refractivity contribution in [3.8, 4) is 0 Å². The van der Waals surface area contributed by atoms with Crippen LogP contribution in [0.25, 0.3) is 0 Å². The third-order valence-corrected chi connectivity index (χ3v) is 6.71. The highest BCUT2D eigenvalue weighted by molar-refractivity contribution is 7.90. The molecule has 0 saturated heterocycles. The Morgan fingerprint density at radius 1 is 0.958 bits per heavy atom. The first kappa shape index (κ1) is 19.2. The molecule has 0 amide bonds. The first-order valence-corrected chi connectivity index (χ1v) is 10.9. The largest absolute Gasteiger partial charge is 0.242 e. The molecule has 0 fully saturated rings. The summed E-state index contributed by atoms with van der Waals surface area (Å²) in [6, 6.07) is 9.57. The van der Waals surface area contributed by atoms with Crippen molar-refractivity contribution in [2.45, 2.75) is 22.8 Å². The quantitative estimate of drug-likeness (QED) is 0.822. The highest BCUT2D eigenvalue weighted by Crippen LogP contribution is 2.26. The van der Waals surface area contributed by atoms with Gasteiger partial charge in [0.15, 0.2) is 9.84 Å². The summed E-state index contributed by atoms with van der Waals surface area (Å²) in [6.07, 6.45) is 1.11. The maximum absolute atomic E-state index is 12.5. The standard InChI is InChI=1S/C15H15Cl2NO4S2/c1-10(11-3-6-13(7-4-11)23(2,19)20)18-24(21,22)15-9-12(16)5-8-14(15)17/h3-10,18H,1-2H3/t10-/m0/s1. The predicted octanol–water partition coefficient (Wildman–Crippen LogP) is 3.44. The second-order valence-electron chi connectivity index (χ2n) is 5.26. The molecular formula is C15H15Cl2NO4S2. The monoisotopic (exact) mass is 407 g/mol. The van der Waals surface area contributed by atoms with Crippen LogP contribution >= 0.6 is 23.2 Å². The molecule has 130 valence electrons. The second kappa shape index (κ2) is 7.01. The van der Waals surface area contributed by atoms with Gasteiger partial charge in [0.25, 0.3) is 0 Å². The van der Waals surface area contributed by atoms with E-state index in [4.69, 9.17) is 23.2 Å². The number of rotatable bonds is 5. The van der Waals surface area contributed by atoms with Gasteiger partial charge >= 0.3 is 0 Å². The highest BCUT2D eigenvalue weighted by Gasteiger charge is 2.22. The van der Waals surface area contributed by atoms with E-state index in [2.05, 4.69) is 4.72 Å². The van der Waals surface area contributed by atoms with Crippen LogP contribution in [0.15, 0.2) is 52.3 Å². The van der Waals surface area contributed by atoms with Gasteiger partial charge in [-0.15, -0.1) is 0 Å². The van der Waals surface area contributed by atoms with Gasteiger partial charge in [0, 0.05) is 17.3 Å². The average Bonchev–Trinajstić information content (AvgIpc) is 2.48. The Morgan fingerprint density at radius 2 is 1.54 bits per heavy atom. The lowest BCUT2D eigenvalue weighted by molar-refractivity contribution is 0.566. The molecule has 2 aromatic rings. The lowest BCUT2D eigenvalue weighted by atomic mass is 10.1. The SMILES string of the molecule is C[C@H](NS(=O)(=O)c1cc(Cl)ccc1Cl)c1ccc(S(C)(=O)=O)cc1. The van der Waals surface area contributed by atoms with Crippen LogP contribution in [0, 0.1) is 0 Å². The summed E-state index contributed by atoms with van der Waals surface area (Å²) in [5, 5.41) is 0.316. The van der Waals surface area contributed by atoms with E-state index in [0.29, 0.717) is 5.56 Å². The zero-order chi connectivity index (χ0) is 18.1. The molecule has 0 saturated carbocycles. The van der Waals surface area contributed by atoms with Crippen molar-refractivity contribution in [2.24, 2.45) is 0 Å². The molecular weight excluding hydrogens is 393 g/mol. The molecule has 1 atom stereocenters. The van der Waals surface area contributed by atoms with Crippen LogP contribution in [0.2, 0.25) is 10.0 Å². The summed E-state index contributed by atoms with van der Waals surface area (Å²) in [7, 11) is -7.19. The van der Waals surface area contributed by atoms with Crippen LogP contribution in [-0.4, -0.2) is 23.1 Å². The van der Waals surface area contributed by atoms with Gasteiger partial charge < -0.3 is 0 Å². The van der Waals surface area contributed by atoms with E-state index in [1.54, 1.807) is 19.1 Å². The smallest absolute Gasteiger partial charge is 0.224 e. The lowest BCUT2D eigenvalue weighted by Gasteiger charge is -2.16. The van der Waals surface area contributed by atoms with Gasteiger partial charge in [-0.2, -0.15) is 0 Å². The summed E-state index contributed by atoms with van der Waals surface area (Å²) in [5.41, 5.74) is 0.615. The molecule has 2 rings (SSSR count). The highest BCUT2D eigenvalue weighted by atomic mass is 35.5. The van der Waals surface area contributed by atoms with Gasteiger partial charge in [0.05, 0.1) is 9.92 Å². The van der Waals surface area contributed by atoms with Gasteiger partial charge in [-0.25, -0.2) is 21.6 Å². The van der Waals surface area contributed by atoms with Crippen LogP contribution in [0.1, 0.15) is 18.5 Å². The van der Waals surface area contributed by atoms with E-state index in [1.165, 1.54) is 30.3 Å². The van der Waals surface area contributed by atoms with E-state index >= 15 is 0 Å². The second-order valence-corrected chi connectivity index (χ2v) is 9.80. The maximum Gasteiger partial charge on any atom is 0.242 e.